The molecule has 2 aromatic heterocycles. The number of carbonyl (C=O) groups is 3. The van der Waals surface area contributed by atoms with Gasteiger partial charge in [-0.15, -0.1) is 0 Å². The predicted octanol–water partition coefficient (Wildman–Crippen LogP) is 2.73. The molecule has 0 saturated heterocycles. The zero-order valence-electron chi connectivity index (χ0n) is 21.9. The predicted molar refractivity (Wildman–Crippen MR) is 131 cm³/mol. The molecule has 3 heterocycles. The molecule has 0 amide bonds. The van der Waals surface area contributed by atoms with Gasteiger partial charge in [0.15, 0.2) is 0 Å². The van der Waals surface area contributed by atoms with Crippen LogP contribution >= 0.6 is 0 Å². The lowest BCUT2D eigenvalue weighted by Crippen LogP contribution is -2.63. The molecule has 11 nitrogen and oxygen atoms in total. The summed E-state index contributed by atoms with van der Waals surface area (Å²) in [5.74, 6) is -2.70. The average molecular weight is 530 g/mol. The molecule has 1 fully saturated rings. The molecular formula is C27H31NO10. The first-order valence-electron chi connectivity index (χ1n) is 12.3. The molecule has 0 spiro atoms. The minimum Gasteiger partial charge on any atom is -0.482 e. The molecule has 0 aromatic carbocycles. The van der Waals surface area contributed by atoms with E-state index in [0.717, 1.165) is 0 Å². The van der Waals surface area contributed by atoms with E-state index < -0.39 is 58.8 Å². The second-order valence-corrected chi connectivity index (χ2v) is 10.2. The zero-order chi connectivity index (χ0) is 27.8. The second kappa shape index (κ2) is 10.2. The van der Waals surface area contributed by atoms with Crippen molar-refractivity contribution >= 4 is 17.9 Å². The number of nitrogens with zero attached hydrogens (tertiary/aromatic N) is 1. The van der Waals surface area contributed by atoms with Crippen LogP contribution in [-0.2, 0) is 28.6 Å². The minimum atomic E-state index is -1.35. The van der Waals surface area contributed by atoms with Crippen molar-refractivity contribution in [1.82, 2.24) is 4.98 Å². The molecule has 2 unspecified atom stereocenters. The molecule has 1 aliphatic heterocycles. The van der Waals surface area contributed by atoms with Crippen molar-refractivity contribution in [3.8, 4) is 17.1 Å². The molecular weight excluding hydrogens is 498 g/mol. The van der Waals surface area contributed by atoms with E-state index in [1.54, 1.807) is 32.2 Å². The summed E-state index contributed by atoms with van der Waals surface area (Å²) in [5.41, 5.74) is -2.83. The number of hydrogen-bond acceptors (Lipinski definition) is 11. The zero-order valence-corrected chi connectivity index (χ0v) is 21.9. The Morgan fingerprint density at radius 1 is 1.18 bits per heavy atom. The van der Waals surface area contributed by atoms with Crippen molar-refractivity contribution in [1.29, 1.82) is 0 Å². The quantitative estimate of drug-likeness (QED) is 0.434. The maximum Gasteiger partial charge on any atom is 0.345 e. The first-order chi connectivity index (χ1) is 17.8. The topological polar surface area (TPSA) is 151 Å². The van der Waals surface area contributed by atoms with E-state index in [2.05, 4.69) is 4.98 Å². The Morgan fingerprint density at radius 2 is 1.92 bits per heavy atom. The summed E-state index contributed by atoms with van der Waals surface area (Å²) in [4.78, 5) is 52.8. The Labute approximate surface area is 219 Å². The summed E-state index contributed by atoms with van der Waals surface area (Å²) in [6, 6.07) is 4.92. The molecule has 1 saturated carbocycles. The van der Waals surface area contributed by atoms with Gasteiger partial charge in [-0.05, 0) is 38.8 Å². The lowest BCUT2D eigenvalue weighted by molar-refractivity contribution is -0.215. The van der Waals surface area contributed by atoms with Gasteiger partial charge >= 0.3 is 23.5 Å². The normalized spacial score (nSPS) is 27.5. The number of esters is 3. The van der Waals surface area contributed by atoms with Gasteiger partial charge in [-0.1, -0.05) is 0 Å². The van der Waals surface area contributed by atoms with Crippen LogP contribution in [0.15, 0.2) is 39.8 Å². The summed E-state index contributed by atoms with van der Waals surface area (Å²) in [6.45, 7) is 6.82. The third kappa shape index (κ3) is 5.15. The largest absolute Gasteiger partial charge is 0.482 e. The van der Waals surface area contributed by atoms with Crippen molar-refractivity contribution in [3.63, 3.8) is 0 Å². The molecule has 11 heteroatoms. The second-order valence-electron chi connectivity index (χ2n) is 10.2. The molecule has 6 atom stereocenters. The van der Waals surface area contributed by atoms with Crippen molar-refractivity contribution in [2.24, 2.45) is 11.8 Å². The average Bonchev–Trinajstić information content (AvgIpc) is 2.83. The van der Waals surface area contributed by atoms with Crippen molar-refractivity contribution in [3.05, 3.63) is 46.6 Å². The van der Waals surface area contributed by atoms with Crippen LogP contribution in [0.3, 0.4) is 0 Å². The highest BCUT2D eigenvalue weighted by Gasteiger charge is 2.60. The summed E-state index contributed by atoms with van der Waals surface area (Å²) >= 11 is 0. The number of rotatable bonds is 6. The van der Waals surface area contributed by atoms with Crippen LogP contribution in [0.4, 0.5) is 0 Å². The van der Waals surface area contributed by atoms with Gasteiger partial charge in [-0.3, -0.25) is 19.4 Å². The van der Waals surface area contributed by atoms with Crippen LogP contribution in [0.2, 0.25) is 0 Å². The standard InChI is InChI=1S/C27H31NO10/c1-14(29)34-13-26(4,37-16(3)31)18-9-19-24(32)23-21(38-27(19,5)22(10-18)35-15(2)30)11-20(36-25(23)33)17-7-6-8-28-12-17/h6-8,11-12,18-19,22,24,32H,9-10,13H2,1-5H3/t18?,19-,22+,24-,26?,27+/m0/s1. The Bertz CT molecular complexity index is 1290. The number of pyridine rings is 1. The highest BCUT2D eigenvalue weighted by molar-refractivity contribution is 5.68. The number of hydrogen-bond donors (Lipinski definition) is 1. The number of aliphatic hydroxyl groups excluding tert-OH is 1. The molecule has 2 aromatic rings. The van der Waals surface area contributed by atoms with E-state index in [4.69, 9.17) is 23.4 Å². The van der Waals surface area contributed by atoms with Crippen LogP contribution in [0.1, 0.15) is 59.1 Å². The third-order valence-corrected chi connectivity index (χ3v) is 7.43. The molecule has 2 aliphatic rings. The van der Waals surface area contributed by atoms with E-state index in [9.17, 15) is 24.3 Å². The van der Waals surface area contributed by atoms with Gasteiger partial charge < -0.3 is 28.5 Å². The summed E-state index contributed by atoms with van der Waals surface area (Å²) in [5, 5.41) is 11.5. The first kappa shape index (κ1) is 27.3. The lowest BCUT2D eigenvalue weighted by atomic mass is 9.62. The number of carbonyl (C=O) groups excluding carboxylic acids is 3. The van der Waals surface area contributed by atoms with Crippen molar-refractivity contribution in [2.45, 2.75) is 70.9 Å². The number of aromatic nitrogens is 1. The number of fused-ring (bicyclic) bond motifs is 2. The van der Waals surface area contributed by atoms with E-state index in [-0.39, 0.29) is 36.5 Å². The monoisotopic (exact) mass is 529 g/mol. The van der Waals surface area contributed by atoms with Crippen LogP contribution < -0.4 is 10.4 Å². The maximum atomic E-state index is 13.1. The fourth-order valence-corrected chi connectivity index (χ4v) is 5.54. The summed E-state index contributed by atoms with van der Waals surface area (Å²) in [6.07, 6.45) is 1.24. The van der Waals surface area contributed by atoms with Crippen LogP contribution in [0.25, 0.3) is 11.3 Å². The molecule has 4 rings (SSSR count). The van der Waals surface area contributed by atoms with Gasteiger partial charge in [-0.25, -0.2) is 4.79 Å². The maximum absolute atomic E-state index is 13.1. The van der Waals surface area contributed by atoms with Gasteiger partial charge in [0.25, 0.3) is 0 Å². The Kier molecular flexibility index (Phi) is 7.33. The van der Waals surface area contributed by atoms with Gasteiger partial charge in [0.1, 0.15) is 41.0 Å². The smallest absolute Gasteiger partial charge is 0.345 e. The SMILES string of the molecule is CC(=O)OCC(C)(OC(C)=O)C1C[C@@H](OC(C)=O)[C@]2(C)Oc3cc(-c4cccnc4)oc(=O)c3[C@@H](O)[C@@H]2C1. The van der Waals surface area contributed by atoms with Crippen molar-refractivity contribution < 1.29 is 42.9 Å². The molecule has 38 heavy (non-hydrogen) atoms. The van der Waals surface area contributed by atoms with E-state index in [0.29, 0.717) is 5.56 Å². The van der Waals surface area contributed by atoms with Gasteiger partial charge in [0, 0.05) is 56.6 Å². The Morgan fingerprint density at radius 3 is 2.53 bits per heavy atom. The Hall–Kier alpha value is -3.73. The molecule has 1 aliphatic carbocycles. The van der Waals surface area contributed by atoms with Crippen LogP contribution in [0, 0.1) is 11.8 Å². The van der Waals surface area contributed by atoms with Gasteiger partial charge in [0.05, 0.1) is 6.10 Å². The summed E-state index contributed by atoms with van der Waals surface area (Å²) < 4.78 is 28.4. The number of ether oxygens (including phenoxy) is 4. The fraction of sp³-hybridized carbons (Fsp3) is 0.519. The fourth-order valence-electron chi connectivity index (χ4n) is 5.54. The highest BCUT2D eigenvalue weighted by Crippen LogP contribution is 2.54. The minimum absolute atomic E-state index is 0.0588. The molecule has 204 valence electrons. The van der Waals surface area contributed by atoms with Crippen molar-refractivity contribution in [2.75, 3.05) is 6.61 Å². The number of aliphatic hydroxyl groups is 1. The molecule has 0 radical (unpaired) electrons. The summed E-state index contributed by atoms with van der Waals surface area (Å²) in [7, 11) is 0. The van der Waals surface area contributed by atoms with Gasteiger partial charge in [-0.2, -0.15) is 0 Å². The highest BCUT2D eigenvalue weighted by atomic mass is 16.6. The molecule has 1 N–H and O–H groups in total. The lowest BCUT2D eigenvalue weighted by Gasteiger charge is -2.54. The Balaban J connectivity index is 1.78. The van der Waals surface area contributed by atoms with Gasteiger partial charge in [0.2, 0.25) is 0 Å². The van der Waals surface area contributed by atoms with Crippen LogP contribution in [0.5, 0.6) is 5.75 Å². The molecule has 0 bridgehead atoms. The third-order valence-electron chi connectivity index (χ3n) is 7.43. The van der Waals surface area contributed by atoms with E-state index >= 15 is 0 Å². The first-order valence-corrected chi connectivity index (χ1v) is 12.3. The van der Waals surface area contributed by atoms with E-state index in [1.165, 1.54) is 33.0 Å². The van der Waals surface area contributed by atoms with Crippen LogP contribution in [-0.4, -0.2) is 51.9 Å². The van der Waals surface area contributed by atoms with E-state index in [1.807, 2.05) is 0 Å².